The first-order chi connectivity index (χ1) is 9.27. The third-order valence-corrected chi connectivity index (χ3v) is 4.58. The van der Waals surface area contributed by atoms with Crippen LogP contribution in [0.5, 0.6) is 0 Å². The van der Waals surface area contributed by atoms with Gasteiger partial charge in [-0.2, -0.15) is 0 Å². The second kappa shape index (κ2) is 5.41. The Labute approximate surface area is 119 Å². The van der Waals surface area contributed by atoms with Gasteiger partial charge in [-0.1, -0.05) is 0 Å². The number of rotatable bonds is 4. The van der Waals surface area contributed by atoms with Crippen molar-refractivity contribution in [3.05, 3.63) is 24.3 Å². The lowest BCUT2D eigenvalue weighted by molar-refractivity contribution is -0.122. The smallest absolute Gasteiger partial charge is 0.230 e. The van der Waals surface area contributed by atoms with Crippen molar-refractivity contribution in [1.29, 1.82) is 0 Å². The summed E-state index contributed by atoms with van der Waals surface area (Å²) in [6.45, 7) is 0.529. The minimum atomic E-state index is -3.17. The molecule has 1 aromatic rings. The van der Waals surface area contributed by atoms with Gasteiger partial charge in [-0.15, -0.1) is 0 Å². The van der Waals surface area contributed by atoms with E-state index in [4.69, 9.17) is 0 Å². The molecule has 0 radical (unpaired) electrons. The van der Waals surface area contributed by atoms with Gasteiger partial charge < -0.3 is 10.2 Å². The van der Waals surface area contributed by atoms with Crippen molar-refractivity contribution in [1.82, 2.24) is 4.31 Å². The molecule has 0 aromatic heterocycles. The summed E-state index contributed by atoms with van der Waals surface area (Å²) in [5, 5.41) is 2.80. The number of hydrogen-bond donors (Lipinski definition) is 1. The van der Waals surface area contributed by atoms with Gasteiger partial charge in [0.15, 0.2) is 0 Å². The van der Waals surface area contributed by atoms with Gasteiger partial charge in [0.2, 0.25) is 15.9 Å². The van der Waals surface area contributed by atoms with Crippen LogP contribution in [0.1, 0.15) is 0 Å². The van der Waals surface area contributed by atoms with Gasteiger partial charge in [0.25, 0.3) is 0 Å². The third-order valence-electron chi connectivity index (χ3n) is 3.34. The molecule has 6 nitrogen and oxygen atoms in total. The number of amides is 1. The molecule has 1 aliphatic heterocycles. The van der Waals surface area contributed by atoms with Crippen LogP contribution in [0.15, 0.2) is 24.3 Å². The maximum atomic E-state index is 11.9. The second-order valence-electron chi connectivity index (χ2n) is 5.21. The lowest BCUT2D eigenvalue weighted by Crippen LogP contribution is -2.53. The van der Waals surface area contributed by atoms with E-state index in [0.29, 0.717) is 0 Å². The van der Waals surface area contributed by atoms with E-state index in [9.17, 15) is 13.2 Å². The molecule has 1 fully saturated rings. The first kappa shape index (κ1) is 14.8. The van der Waals surface area contributed by atoms with Gasteiger partial charge in [-0.25, -0.2) is 12.7 Å². The van der Waals surface area contributed by atoms with Crippen molar-refractivity contribution in [2.45, 2.75) is 0 Å². The van der Waals surface area contributed by atoms with E-state index in [2.05, 4.69) is 5.32 Å². The fourth-order valence-electron chi connectivity index (χ4n) is 1.96. The lowest BCUT2D eigenvalue weighted by Gasteiger charge is -2.35. The van der Waals surface area contributed by atoms with Gasteiger partial charge in [0.1, 0.15) is 0 Å². The molecule has 1 heterocycles. The van der Waals surface area contributed by atoms with Gasteiger partial charge >= 0.3 is 0 Å². The van der Waals surface area contributed by atoms with E-state index in [1.165, 1.54) is 4.31 Å². The zero-order valence-electron chi connectivity index (χ0n) is 11.8. The minimum absolute atomic E-state index is 0.137. The summed E-state index contributed by atoms with van der Waals surface area (Å²) in [5.41, 5.74) is 1.77. The monoisotopic (exact) mass is 297 g/mol. The summed E-state index contributed by atoms with van der Waals surface area (Å²) >= 11 is 0. The molecule has 1 aromatic carbocycles. The van der Waals surface area contributed by atoms with E-state index < -0.39 is 10.0 Å². The Morgan fingerprint density at radius 1 is 1.25 bits per heavy atom. The highest BCUT2D eigenvalue weighted by Gasteiger charge is 2.37. The zero-order chi connectivity index (χ0) is 14.9. The number of benzene rings is 1. The fraction of sp³-hybridized carbons (Fsp3) is 0.462. The zero-order valence-corrected chi connectivity index (χ0v) is 12.6. The highest BCUT2D eigenvalue weighted by atomic mass is 32.2. The summed E-state index contributed by atoms with van der Waals surface area (Å²) < 4.78 is 23.8. The van der Waals surface area contributed by atoms with Crippen LogP contribution in [0.2, 0.25) is 0 Å². The quantitative estimate of drug-likeness (QED) is 0.883. The maximum absolute atomic E-state index is 11.9. The molecule has 7 heteroatoms. The first-order valence-electron chi connectivity index (χ1n) is 6.31. The number of hydrogen-bond acceptors (Lipinski definition) is 4. The van der Waals surface area contributed by atoms with Crippen molar-refractivity contribution in [3.63, 3.8) is 0 Å². The number of anilines is 2. The predicted molar refractivity (Wildman–Crippen MR) is 79.3 cm³/mol. The molecule has 0 unspecified atom stereocenters. The predicted octanol–water partition coefficient (Wildman–Crippen LogP) is 0.582. The summed E-state index contributed by atoms with van der Waals surface area (Å²) in [7, 11) is 0.720. The molecule has 110 valence electrons. The SMILES string of the molecule is CN(C)c1ccc(NC(=O)C2CN(S(C)(=O)=O)C2)cc1. The molecule has 2 rings (SSSR count). The van der Waals surface area contributed by atoms with Crippen molar-refractivity contribution in [2.75, 3.05) is 43.7 Å². The molecule has 1 amide bonds. The van der Waals surface area contributed by atoms with Crippen LogP contribution in [0.25, 0.3) is 0 Å². The summed E-state index contributed by atoms with van der Waals surface area (Å²) in [4.78, 5) is 13.9. The molecular weight excluding hydrogens is 278 g/mol. The molecule has 20 heavy (non-hydrogen) atoms. The van der Waals surface area contributed by atoms with Gasteiger partial charge in [-0.05, 0) is 24.3 Å². The Hall–Kier alpha value is -1.60. The number of carbonyl (C=O) groups excluding carboxylic acids is 1. The lowest BCUT2D eigenvalue weighted by atomic mass is 10.0. The third kappa shape index (κ3) is 3.29. The van der Waals surface area contributed by atoms with E-state index >= 15 is 0 Å². The molecule has 0 spiro atoms. The van der Waals surface area contributed by atoms with Gasteiger partial charge in [-0.3, -0.25) is 4.79 Å². The highest BCUT2D eigenvalue weighted by molar-refractivity contribution is 7.88. The molecule has 0 saturated carbocycles. The Balaban J connectivity index is 1.90. The van der Waals surface area contributed by atoms with Crippen LogP contribution in [0.3, 0.4) is 0 Å². The summed E-state index contributed by atoms with van der Waals surface area (Å²) in [6.07, 6.45) is 1.15. The van der Waals surface area contributed by atoms with Crippen molar-refractivity contribution in [3.8, 4) is 0 Å². The van der Waals surface area contributed by atoms with Crippen molar-refractivity contribution < 1.29 is 13.2 Å². The summed E-state index contributed by atoms with van der Waals surface area (Å²) in [6, 6.07) is 7.50. The van der Waals surface area contributed by atoms with Crippen LogP contribution >= 0.6 is 0 Å². The fourth-order valence-corrected chi connectivity index (χ4v) is 2.86. The number of nitrogens with zero attached hydrogens (tertiary/aromatic N) is 2. The number of nitrogens with one attached hydrogen (secondary N) is 1. The van der Waals surface area contributed by atoms with Crippen LogP contribution in [-0.2, 0) is 14.8 Å². The Morgan fingerprint density at radius 3 is 2.25 bits per heavy atom. The maximum Gasteiger partial charge on any atom is 0.230 e. The molecule has 1 aliphatic rings. The Morgan fingerprint density at radius 2 is 1.80 bits per heavy atom. The van der Waals surface area contributed by atoms with Crippen LogP contribution in [0.4, 0.5) is 11.4 Å². The first-order valence-corrected chi connectivity index (χ1v) is 8.15. The molecular formula is C13H19N3O3S. The van der Waals surface area contributed by atoms with E-state index in [1.54, 1.807) is 0 Å². The number of sulfonamides is 1. The van der Waals surface area contributed by atoms with Crippen molar-refractivity contribution in [2.24, 2.45) is 5.92 Å². The molecule has 0 atom stereocenters. The van der Waals surface area contributed by atoms with Crippen molar-refractivity contribution >= 4 is 27.3 Å². The largest absolute Gasteiger partial charge is 0.378 e. The Bertz CT molecular complexity index is 590. The normalized spacial score (nSPS) is 16.6. The number of carbonyl (C=O) groups is 1. The topological polar surface area (TPSA) is 69.7 Å². The average Bonchev–Trinajstić information content (AvgIpc) is 2.25. The highest BCUT2D eigenvalue weighted by Crippen LogP contribution is 2.21. The van der Waals surface area contributed by atoms with Gasteiger partial charge in [0.05, 0.1) is 12.2 Å². The molecule has 1 N–H and O–H groups in total. The van der Waals surface area contributed by atoms with Gasteiger partial charge in [0, 0.05) is 38.6 Å². The average molecular weight is 297 g/mol. The molecule has 1 saturated heterocycles. The standard InChI is InChI=1S/C13H19N3O3S/c1-15(2)12-6-4-11(5-7-12)14-13(17)10-8-16(9-10)20(3,18)19/h4-7,10H,8-9H2,1-3H3,(H,14,17). The van der Waals surface area contributed by atoms with Crippen LogP contribution in [-0.4, -0.2) is 52.1 Å². The Kier molecular flexibility index (Phi) is 4.01. The van der Waals surface area contributed by atoms with E-state index in [1.807, 2.05) is 43.3 Å². The van der Waals surface area contributed by atoms with Crippen LogP contribution in [0, 0.1) is 5.92 Å². The van der Waals surface area contributed by atoms with E-state index in [0.717, 1.165) is 17.6 Å². The minimum Gasteiger partial charge on any atom is -0.378 e. The molecule has 0 bridgehead atoms. The van der Waals surface area contributed by atoms with Crippen LogP contribution < -0.4 is 10.2 Å². The summed E-state index contributed by atoms with van der Waals surface area (Å²) in [5.74, 6) is -0.402. The van der Waals surface area contributed by atoms with E-state index in [-0.39, 0.29) is 24.9 Å². The second-order valence-corrected chi connectivity index (χ2v) is 7.19. The molecule has 0 aliphatic carbocycles.